The van der Waals surface area contributed by atoms with Crippen molar-refractivity contribution in [3.8, 4) is 0 Å². The number of thioether (sulfide) groups is 1. The summed E-state index contributed by atoms with van der Waals surface area (Å²) in [6.45, 7) is 4.62. The molecule has 84 valence electrons. The van der Waals surface area contributed by atoms with Crippen molar-refractivity contribution >= 4 is 17.6 Å². The summed E-state index contributed by atoms with van der Waals surface area (Å²) >= 11 is 1.34. The van der Waals surface area contributed by atoms with Gasteiger partial charge in [0.1, 0.15) is 5.82 Å². The lowest BCUT2D eigenvalue weighted by Crippen LogP contribution is -2.08. The highest BCUT2D eigenvalue weighted by Crippen LogP contribution is 2.18. The van der Waals surface area contributed by atoms with Crippen LogP contribution in [0.4, 0.5) is 10.2 Å². The first-order valence-electron chi connectivity index (χ1n) is 5.01. The predicted octanol–water partition coefficient (Wildman–Crippen LogP) is 2.86. The summed E-state index contributed by atoms with van der Waals surface area (Å²) in [5.74, 6) is 0.175. The van der Waals surface area contributed by atoms with Crippen molar-refractivity contribution in [3.63, 3.8) is 0 Å². The molecule has 0 amide bonds. The average Bonchev–Trinajstić information content (AvgIpc) is 2.24. The van der Waals surface area contributed by atoms with Crippen LogP contribution in [-0.4, -0.2) is 22.8 Å². The number of nitrogens with zero attached hydrogens (tertiary/aromatic N) is 2. The first-order chi connectivity index (χ1) is 7.19. The molecule has 1 aromatic rings. The van der Waals surface area contributed by atoms with Crippen LogP contribution in [0.5, 0.6) is 0 Å². The van der Waals surface area contributed by atoms with Gasteiger partial charge in [-0.2, -0.15) is 9.37 Å². The molecule has 1 rings (SSSR count). The Hall–Kier alpha value is -0.840. The van der Waals surface area contributed by atoms with E-state index < -0.39 is 5.95 Å². The molecule has 0 aliphatic rings. The van der Waals surface area contributed by atoms with Crippen molar-refractivity contribution in [3.05, 3.63) is 11.5 Å². The van der Waals surface area contributed by atoms with Crippen molar-refractivity contribution in [1.29, 1.82) is 0 Å². The van der Waals surface area contributed by atoms with Gasteiger partial charge in [0.05, 0.1) is 0 Å². The Morgan fingerprint density at radius 1 is 1.40 bits per heavy atom. The van der Waals surface area contributed by atoms with E-state index in [1.54, 1.807) is 6.92 Å². The highest BCUT2D eigenvalue weighted by atomic mass is 32.2. The van der Waals surface area contributed by atoms with Gasteiger partial charge in [0.2, 0.25) is 5.95 Å². The monoisotopic (exact) mass is 229 g/mol. The molecule has 0 saturated carbocycles. The van der Waals surface area contributed by atoms with E-state index in [2.05, 4.69) is 22.2 Å². The van der Waals surface area contributed by atoms with Gasteiger partial charge in [0.25, 0.3) is 0 Å². The lowest BCUT2D eigenvalue weighted by atomic mass is 10.3. The van der Waals surface area contributed by atoms with Gasteiger partial charge >= 0.3 is 0 Å². The molecule has 0 bridgehead atoms. The van der Waals surface area contributed by atoms with Crippen molar-refractivity contribution < 1.29 is 4.39 Å². The molecule has 1 aromatic heterocycles. The van der Waals surface area contributed by atoms with Gasteiger partial charge in [-0.05, 0) is 19.6 Å². The lowest BCUT2D eigenvalue weighted by Gasteiger charge is -2.09. The Labute approximate surface area is 93.9 Å². The molecule has 0 radical (unpaired) electrons. The maximum atomic E-state index is 13.3. The van der Waals surface area contributed by atoms with Crippen LogP contribution in [-0.2, 0) is 0 Å². The summed E-state index contributed by atoms with van der Waals surface area (Å²) in [6, 6.07) is 0. The van der Waals surface area contributed by atoms with Gasteiger partial charge in [-0.3, -0.25) is 0 Å². The lowest BCUT2D eigenvalue weighted by molar-refractivity contribution is 0.554. The van der Waals surface area contributed by atoms with Crippen molar-refractivity contribution in [1.82, 2.24) is 9.97 Å². The van der Waals surface area contributed by atoms with E-state index in [0.717, 1.165) is 19.4 Å². The van der Waals surface area contributed by atoms with Gasteiger partial charge in [-0.25, -0.2) is 4.98 Å². The fourth-order valence-electron chi connectivity index (χ4n) is 1.12. The summed E-state index contributed by atoms with van der Waals surface area (Å²) in [5.41, 5.74) is 0.490. The third-order valence-electron chi connectivity index (χ3n) is 2.07. The molecule has 5 heteroatoms. The Balaban J connectivity index is 2.80. The van der Waals surface area contributed by atoms with Gasteiger partial charge in [0.15, 0.2) is 5.16 Å². The molecule has 15 heavy (non-hydrogen) atoms. The maximum Gasteiger partial charge on any atom is 0.221 e. The maximum absolute atomic E-state index is 13.3. The van der Waals surface area contributed by atoms with Crippen LogP contribution in [0.15, 0.2) is 5.16 Å². The smallest absolute Gasteiger partial charge is 0.221 e. The molecule has 0 fully saturated rings. The van der Waals surface area contributed by atoms with E-state index in [4.69, 9.17) is 0 Å². The Bertz CT molecular complexity index is 331. The molecule has 0 aromatic carbocycles. The minimum Gasteiger partial charge on any atom is -0.370 e. The van der Waals surface area contributed by atoms with Crippen LogP contribution in [0.3, 0.4) is 0 Å². The zero-order valence-corrected chi connectivity index (χ0v) is 10.1. The number of hydrogen-bond acceptors (Lipinski definition) is 4. The van der Waals surface area contributed by atoms with Crippen molar-refractivity contribution in [2.24, 2.45) is 0 Å². The Morgan fingerprint density at radius 2 is 2.13 bits per heavy atom. The van der Waals surface area contributed by atoms with Crippen LogP contribution in [0.1, 0.15) is 25.3 Å². The van der Waals surface area contributed by atoms with Gasteiger partial charge in [0, 0.05) is 12.1 Å². The molecule has 1 heterocycles. The van der Waals surface area contributed by atoms with Crippen LogP contribution >= 0.6 is 11.8 Å². The van der Waals surface area contributed by atoms with Crippen LogP contribution < -0.4 is 5.32 Å². The third-order valence-corrected chi connectivity index (χ3v) is 2.62. The quantitative estimate of drug-likeness (QED) is 0.364. The number of halogens is 1. The van der Waals surface area contributed by atoms with E-state index in [1.807, 2.05) is 6.26 Å². The molecule has 3 nitrogen and oxygen atoms in total. The van der Waals surface area contributed by atoms with E-state index in [-0.39, 0.29) is 0 Å². The van der Waals surface area contributed by atoms with Crippen molar-refractivity contribution in [2.75, 3.05) is 18.1 Å². The number of unbranched alkanes of at least 4 members (excludes halogenated alkanes) is 1. The molecular formula is C10H16FN3S. The van der Waals surface area contributed by atoms with Gasteiger partial charge in [-0.1, -0.05) is 25.1 Å². The number of rotatable bonds is 5. The molecular weight excluding hydrogens is 213 g/mol. The van der Waals surface area contributed by atoms with Crippen LogP contribution in [0, 0.1) is 12.9 Å². The summed E-state index contributed by atoms with van der Waals surface area (Å²) in [4.78, 5) is 7.95. The molecule has 0 saturated heterocycles. The van der Waals surface area contributed by atoms with E-state index in [0.29, 0.717) is 16.5 Å². The van der Waals surface area contributed by atoms with Crippen LogP contribution in [0.25, 0.3) is 0 Å². The normalized spacial score (nSPS) is 10.4. The minimum absolute atomic E-state index is 0.437. The number of nitrogens with one attached hydrogen (secondary N) is 1. The SMILES string of the molecule is CCCCNc1nc(SC)nc(F)c1C. The van der Waals surface area contributed by atoms with Gasteiger partial charge in [-0.15, -0.1) is 0 Å². The van der Waals surface area contributed by atoms with Crippen molar-refractivity contribution in [2.45, 2.75) is 31.8 Å². The zero-order valence-electron chi connectivity index (χ0n) is 9.30. The molecule has 0 aliphatic carbocycles. The minimum atomic E-state index is -0.437. The first kappa shape index (κ1) is 12.2. The fourth-order valence-corrected chi connectivity index (χ4v) is 1.47. The van der Waals surface area contributed by atoms with E-state index in [1.165, 1.54) is 11.8 Å². The molecule has 1 N–H and O–H groups in total. The van der Waals surface area contributed by atoms with Gasteiger partial charge < -0.3 is 5.32 Å². The van der Waals surface area contributed by atoms with E-state index in [9.17, 15) is 4.39 Å². The second-order valence-electron chi connectivity index (χ2n) is 3.26. The third kappa shape index (κ3) is 3.34. The Kier molecular flexibility index (Phi) is 4.81. The zero-order chi connectivity index (χ0) is 11.3. The highest BCUT2D eigenvalue weighted by Gasteiger charge is 2.09. The largest absolute Gasteiger partial charge is 0.370 e. The Morgan fingerprint density at radius 3 is 2.73 bits per heavy atom. The summed E-state index contributed by atoms with van der Waals surface area (Å²) in [7, 11) is 0. The number of hydrogen-bond donors (Lipinski definition) is 1. The average molecular weight is 229 g/mol. The molecule has 0 unspecified atom stereocenters. The second kappa shape index (κ2) is 5.90. The topological polar surface area (TPSA) is 37.8 Å². The van der Waals surface area contributed by atoms with E-state index >= 15 is 0 Å². The summed E-state index contributed by atoms with van der Waals surface area (Å²) in [5, 5.41) is 3.59. The number of aromatic nitrogens is 2. The molecule has 0 atom stereocenters. The molecule has 0 spiro atoms. The predicted molar refractivity (Wildman–Crippen MR) is 61.9 cm³/mol. The first-order valence-corrected chi connectivity index (χ1v) is 6.23. The van der Waals surface area contributed by atoms with Crippen LogP contribution in [0.2, 0.25) is 0 Å². The fraction of sp³-hybridized carbons (Fsp3) is 0.600. The standard InChI is InChI=1S/C10H16FN3S/c1-4-5-6-12-9-7(2)8(11)13-10(14-9)15-3/h4-6H2,1-3H3,(H,12,13,14). The molecule has 0 aliphatic heterocycles. The summed E-state index contributed by atoms with van der Waals surface area (Å²) < 4.78 is 13.3. The second-order valence-corrected chi connectivity index (χ2v) is 4.03. The highest BCUT2D eigenvalue weighted by molar-refractivity contribution is 7.98. The summed E-state index contributed by atoms with van der Waals surface area (Å²) in [6.07, 6.45) is 3.99. The number of anilines is 1.